The van der Waals surface area contributed by atoms with Crippen molar-refractivity contribution in [1.82, 2.24) is 15.1 Å². The Labute approximate surface area is 140 Å². The number of benzene rings is 1. The fraction of sp³-hybridized carbons (Fsp3) is 0.278. The molecule has 2 rings (SSSR count). The van der Waals surface area contributed by atoms with Crippen LogP contribution in [0.15, 0.2) is 36.7 Å². The average molecular weight is 325 g/mol. The Kier molecular flexibility index (Phi) is 5.74. The predicted molar refractivity (Wildman–Crippen MR) is 89.4 cm³/mol. The summed E-state index contributed by atoms with van der Waals surface area (Å²) >= 11 is 0. The molecule has 0 saturated heterocycles. The molecule has 24 heavy (non-hydrogen) atoms. The molecular weight excluding hydrogens is 306 g/mol. The smallest absolute Gasteiger partial charge is 0.261 e. The fourth-order valence-corrected chi connectivity index (χ4v) is 2.06. The number of hydrogen-bond acceptors (Lipinski definition) is 4. The Morgan fingerprint density at radius 1 is 1.46 bits per heavy atom. The van der Waals surface area contributed by atoms with Gasteiger partial charge in [-0.3, -0.25) is 14.3 Å². The summed E-state index contributed by atoms with van der Waals surface area (Å²) in [6.45, 7) is 3.86. The highest BCUT2D eigenvalue weighted by Gasteiger charge is 2.15. The van der Waals surface area contributed by atoms with Gasteiger partial charge in [0.05, 0.1) is 6.20 Å². The number of terminal acetylenes is 1. The van der Waals surface area contributed by atoms with E-state index in [0.29, 0.717) is 24.4 Å². The van der Waals surface area contributed by atoms with Crippen LogP contribution in [0.25, 0.3) is 0 Å². The number of carbonyl (C=O) groups excluding carboxylic acids is 2. The lowest BCUT2D eigenvalue weighted by atomic mass is 10.1. The van der Waals surface area contributed by atoms with Gasteiger partial charge in [-0.2, -0.15) is 5.10 Å². The third kappa shape index (κ3) is 4.71. The summed E-state index contributed by atoms with van der Waals surface area (Å²) in [6, 6.07) is 6.75. The van der Waals surface area contributed by atoms with Crippen LogP contribution < -0.4 is 10.1 Å². The van der Waals surface area contributed by atoms with Crippen molar-refractivity contribution >= 4 is 11.7 Å². The predicted octanol–water partition coefficient (Wildman–Crippen LogP) is 1.80. The zero-order valence-corrected chi connectivity index (χ0v) is 13.7. The molecule has 0 bridgehead atoms. The molecule has 0 saturated carbocycles. The number of Topliss-reactive ketones (excluding diaryl/α,β-unsaturated/α-hetero) is 1. The van der Waals surface area contributed by atoms with Crippen molar-refractivity contribution in [2.45, 2.75) is 33.0 Å². The Hall–Kier alpha value is -3.07. The third-order valence-corrected chi connectivity index (χ3v) is 3.33. The number of aromatic nitrogens is 2. The maximum Gasteiger partial charge on any atom is 0.261 e. The lowest BCUT2D eigenvalue weighted by Crippen LogP contribution is -2.35. The minimum atomic E-state index is -0.687. The molecule has 0 spiro atoms. The number of ether oxygens (including phenoxy) is 1. The number of ketones is 1. The van der Waals surface area contributed by atoms with Crippen molar-refractivity contribution in [1.29, 1.82) is 0 Å². The highest BCUT2D eigenvalue weighted by atomic mass is 16.5. The van der Waals surface area contributed by atoms with E-state index in [-0.39, 0.29) is 11.7 Å². The maximum absolute atomic E-state index is 12.1. The Morgan fingerprint density at radius 3 is 2.96 bits per heavy atom. The molecule has 2 aromatic rings. The highest BCUT2D eigenvalue weighted by molar-refractivity contribution is 5.94. The van der Waals surface area contributed by atoms with E-state index in [2.05, 4.69) is 16.3 Å². The van der Waals surface area contributed by atoms with Gasteiger partial charge >= 0.3 is 0 Å². The van der Waals surface area contributed by atoms with E-state index in [0.717, 1.165) is 5.56 Å². The first kappa shape index (κ1) is 17.3. The van der Waals surface area contributed by atoms with Gasteiger partial charge in [-0.1, -0.05) is 18.1 Å². The standard InChI is InChI=1S/C18H19N3O3/c1-4-8-21-12-15(11-20-21)10-19-18(23)14(3)24-17-7-5-6-16(9-17)13(2)22/h1,5-7,9,11-12,14H,8,10H2,2-3H3,(H,19,23)/t14-/m1/s1. The molecule has 0 aliphatic carbocycles. The van der Waals surface area contributed by atoms with Gasteiger partial charge in [0.2, 0.25) is 0 Å². The molecule has 1 atom stereocenters. The van der Waals surface area contributed by atoms with Gasteiger partial charge in [0.15, 0.2) is 11.9 Å². The van der Waals surface area contributed by atoms with Crippen LogP contribution in [0.4, 0.5) is 0 Å². The van der Waals surface area contributed by atoms with Crippen molar-refractivity contribution in [3.05, 3.63) is 47.8 Å². The van der Waals surface area contributed by atoms with Crippen LogP contribution in [0.5, 0.6) is 5.75 Å². The number of hydrogen-bond donors (Lipinski definition) is 1. The topological polar surface area (TPSA) is 73.2 Å². The molecule has 0 fully saturated rings. The lowest BCUT2D eigenvalue weighted by Gasteiger charge is -2.14. The number of rotatable bonds is 7. The van der Waals surface area contributed by atoms with Crippen molar-refractivity contribution in [3.8, 4) is 18.1 Å². The van der Waals surface area contributed by atoms with Crippen LogP contribution in [-0.4, -0.2) is 27.6 Å². The van der Waals surface area contributed by atoms with E-state index >= 15 is 0 Å². The molecule has 6 nitrogen and oxygen atoms in total. The second-order valence-electron chi connectivity index (χ2n) is 5.31. The zero-order valence-electron chi connectivity index (χ0n) is 13.7. The summed E-state index contributed by atoms with van der Waals surface area (Å²) in [6.07, 6.45) is 7.96. The molecule has 0 radical (unpaired) electrons. The van der Waals surface area contributed by atoms with Crippen LogP contribution in [0.2, 0.25) is 0 Å². The van der Waals surface area contributed by atoms with E-state index in [9.17, 15) is 9.59 Å². The number of carbonyl (C=O) groups is 2. The summed E-state index contributed by atoms with van der Waals surface area (Å²) in [7, 11) is 0. The van der Waals surface area contributed by atoms with Crippen LogP contribution in [-0.2, 0) is 17.9 Å². The van der Waals surface area contributed by atoms with Crippen LogP contribution in [0, 0.1) is 12.3 Å². The van der Waals surface area contributed by atoms with Crippen LogP contribution in [0.3, 0.4) is 0 Å². The zero-order chi connectivity index (χ0) is 17.5. The molecule has 1 heterocycles. The van der Waals surface area contributed by atoms with E-state index < -0.39 is 6.10 Å². The number of nitrogens with zero attached hydrogens (tertiary/aromatic N) is 2. The van der Waals surface area contributed by atoms with Crippen molar-refractivity contribution in [2.24, 2.45) is 0 Å². The molecule has 0 unspecified atom stereocenters. The summed E-state index contributed by atoms with van der Waals surface area (Å²) in [5.74, 6) is 2.66. The van der Waals surface area contributed by atoms with Gasteiger partial charge in [0, 0.05) is 23.9 Å². The maximum atomic E-state index is 12.1. The molecule has 1 aromatic carbocycles. The molecular formula is C18H19N3O3. The second-order valence-corrected chi connectivity index (χ2v) is 5.31. The highest BCUT2D eigenvalue weighted by Crippen LogP contribution is 2.15. The van der Waals surface area contributed by atoms with E-state index in [4.69, 9.17) is 11.2 Å². The minimum Gasteiger partial charge on any atom is -0.481 e. The number of nitrogens with one attached hydrogen (secondary N) is 1. The molecule has 0 aliphatic heterocycles. The van der Waals surface area contributed by atoms with E-state index in [1.165, 1.54) is 6.92 Å². The molecule has 6 heteroatoms. The fourth-order valence-electron chi connectivity index (χ4n) is 2.06. The Balaban J connectivity index is 1.88. The van der Waals surface area contributed by atoms with Gasteiger partial charge in [-0.05, 0) is 26.0 Å². The van der Waals surface area contributed by atoms with Crippen LogP contribution in [0.1, 0.15) is 29.8 Å². The molecule has 1 aromatic heterocycles. The van der Waals surface area contributed by atoms with Crippen molar-refractivity contribution < 1.29 is 14.3 Å². The molecule has 1 amide bonds. The summed E-state index contributed by atoms with van der Waals surface area (Å²) in [5.41, 5.74) is 1.39. The van der Waals surface area contributed by atoms with Gasteiger partial charge in [0.25, 0.3) is 5.91 Å². The van der Waals surface area contributed by atoms with Gasteiger partial charge in [-0.25, -0.2) is 0 Å². The van der Waals surface area contributed by atoms with Gasteiger partial charge in [-0.15, -0.1) is 6.42 Å². The normalized spacial score (nSPS) is 11.4. The Bertz CT molecular complexity index is 774. The minimum absolute atomic E-state index is 0.0541. The average Bonchev–Trinajstić information content (AvgIpc) is 3.00. The first-order valence-corrected chi connectivity index (χ1v) is 7.49. The summed E-state index contributed by atoms with van der Waals surface area (Å²) < 4.78 is 7.21. The molecule has 1 N–H and O–H groups in total. The van der Waals surface area contributed by atoms with Crippen molar-refractivity contribution in [2.75, 3.05) is 0 Å². The molecule has 0 aliphatic rings. The largest absolute Gasteiger partial charge is 0.481 e. The van der Waals surface area contributed by atoms with E-state index in [1.807, 2.05) is 0 Å². The van der Waals surface area contributed by atoms with Crippen molar-refractivity contribution in [3.63, 3.8) is 0 Å². The molecule has 124 valence electrons. The third-order valence-electron chi connectivity index (χ3n) is 3.33. The quantitative estimate of drug-likeness (QED) is 0.622. The van der Waals surface area contributed by atoms with Gasteiger partial charge < -0.3 is 10.1 Å². The number of amides is 1. The first-order chi connectivity index (χ1) is 11.5. The monoisotopic (exact) mass is 325 g/mol. The Morgan fingerprint density at radius 2 is 2.25 bits per heavy atom. The van der Waals surface area contributed by atoms with Crippen LogP contribution >= 0.6 is 0 Å². The second kappa shape index (κ2) is 7.97. The van der Waals surface area contributed by atoms with Gasteiger partial charge in [0.1, 0.15) is 12.3 Å². The van der Waals surface area contributed by atoms with E-state index in [1.54, 1.807) is 48.3 Å². The lowest BCUT2D eigenvalue weighted by molar-refractivity contribution is -0.127. The summed E-state index contributed by atoms with van der Waals surface area (Å²) in [5, 5.41) is 6.86. The first-order valence-electron chi connectivity index (χ1n) is 7.49. The summed E-state index contributed by atoms with van der Waals surface area (Å²) in [4.78, 5) is 23.5. The SMILES string of the molecule is C#CCn1cc(CNC(=O)[C@@H](C)Oc2cccc(C(C)=O)c2)cn1.